The van der Waals surface area contributed by atoms with E-state index < -0.39 is 0 Å². The summed E-state index contributed by atoms with van der Waals surface area (Å²) in [6, 6.07) is 12.8. The molecule has 2 atom stereocenters. The minimum atomic E-state index is -0.179. The number of hydrogen-bond donors (Lipinski definition) is 0. The van der Waals surface area contributed by atoms with Gasteiger partial charge in [-0.1, -0.05) is 31.5 Å². The highest BCUT2D eigenvalue weighted by molar-refractivity contribution is 8.01. The molecule has 1 saturated carbocycles. The van der Waals surface area contributed by atoms with Crippen molar-refractivity contribution >= 4 is 11.8 Å². The highest BCUT2D eigenvalue weighted by Crippen LogP contribution is 2.48. The smallest absolute Gasteiger partial charge is 0.110 e. The van der Waals surface area contributed by atoms with Crippen molar-refractivity contribution < 1.29 is 0 Å². The second-order valence-electron chi connectivity index (χ2n) is 4.21. The fourth-order valence-electron chi connectivity index (χ4n) is 2.19. The zero-order valence-electron chi connectivity index (χ0n) is 8.94. The van der Waals surface area contributed by atoms with E-state index in [2.05, 4.69) is 25.1 Å². The molecule has 1 fully saturated rings. The zero-order valence-corrected chi connectivity index (χ0v) is 9.76. The summed E-state index contributed by atoms with van der Waals surface area (Å²) in [5, 5.41) is 9.38. The van der Waals surface area contributed by atoms with Crippen LogP contribution in [0.4, 0.5) is 0 Å². The predicted octanol–water partition coefficient (Wildman–Crippen LogP) is 3.86. The molecule has 1 aromatic carbocycles. The van der Waals surface area contributed by atoms with Gasteiger partial charge in [0.15, 0.2) is 0 Å². The number of nitrogens with zero attached hydrogens (tertiary/aromatic N) is 1. The van der Waals surface area contributed by atoms with Crippen molar-refractivity contribution in [1.82, 2.24) is 0 Å². The Kier molecular flexibility index (Phi) is 3.02. The van der Waals surface area contributed by atoms with Gasteiger partial charge in [0.1, 0.15) is 4.75 Å². The van der Waals surface area contributed by atoms with Gasteiger partial charge in [0.2, 0.25) is 0 Å². The molecular formula is C13H15NS. The minimum absolute atomic E-state index is 0.179. The average molecular weight is 217 g/mol. The lowest BCUT2D eigenvalue weighted by atomic mass is 9.99. The third-order valence-corrected chi connectivity index (χ3v) is 4.78. The van der Waals surface area contributed by atoms with Crippen LogP contribution in [0.15, 0.2) is 35.2 Å². The van der Waals surface area contributed by atoms with Crippen LogP contribution in [0.1, 0.15) is 26.2 Å². The quantitative estimate of drug-likeness (QED) is 0.751. The van der Waals surface area contributed by atoms with Crippen molar-refractivity contribution in [2.75, 3.05) is 0 Å². The Morgan fingerprint density at radius 2 is 2.13 bits per heavy atom. The van der Waals surface area contributed by atoms with Gasteiger partial charge in [-0.15, -0.1) is 11.8 Å². The fourth-order valence-corrected chi connectivity index (χ4v) is 3.51. The Morgan fingerprint density at radius 1 is 1.40 bits per heavy atom. The van der Waals surface area contributed by atoms with E-state index in [1.807, 2.05) is 18.2 Å². The lowest BCUT2D eigenvalue weighted by Gasteiger charge is -2.25. The molecule has 1 nitrogen and oxygen atoms in total. The first kappa shape index (κ1) is 10.6. The summed E-state index contributed by atoms with van der Waals surface area (Å²) in [6.07, 6.45) is 3.41. The highest BCUT2D eigenvalue weighted by atomic mass is 32.2. The molecule has 0 radical (unpaired) electrons. The van der Waals surface area contributed by atoms with E-state index in [0.29, 0.717) is 5.92 Å². The molecule has 78 valence electrons. The summed E-state index contributed by atoms with van der Waals surface area (Å²) in [7, 11) is 0. The third-order valence-electron chi connectivity index (χ3n) is 3.21. The van der Waals surface area contributed by atoms with Crippen molar-refractivity contribution in [2.45, 2.75) is 35.8 Å². The molecule has 1 aliphatic rings. The van der Waals surface area contributed by atoms with Gasteiger partial charge in [-0.25, -0.2) is 0 Å². The van der Waals surface area contributed by atoms with Crippen molar-refractivity contribution in [1.29, 1.82) is 5.26 Å². The molecule has 0 saturated heterocycles. The summed E-state index contributed by atoms with van der Waals surface area (Å²) in [5.74, 6) is 0.507. The number of rotatable bonds is 2. The van der Waals surface area contributed by atoms with Gasteiger partial charge in [-0.05, 0) is 30.9 Å². The van der Waals surface area contributed by atoms with E-state index in [1.165, 1.54) is 17.7 Å². The van der Waals surface area contributed by atoms with E-state index in [9.17, 15) is 5.26 Å². The highest BCUT2D eigenvalue weighted by Gasteiger charge is 2.41. The molecule has 0 amide bonds. The SMILES string of the molecule is CC1CCCC1(C#N)Sc1ccccc1. The second-order valence-corrected chi connectivity index (χ2v) is 5.61. The van der Waals surface area contributed by atoms with Crippen molar-refractivity contribution in [3.05, 3.63) is 30.3 Å². The molecule has 0 aromatic heterocycles. The molecule has 2 rings (SSSR count). The number of thioether (sulfide) groups is 1. The van der Waals surface area contributed by atoms with E-state index in [-0.39, 0.29) is 4.75 Å². The third kappa shape index (κ3) is 2.03. The predicted molar refractivity (Wildman–Crippen MR) is 63.7 cm³/mol. The Labute approximate surface area is 95.5 Å². The normalized spacial score (nSPS) is 30.0. The monoisotopic (exact) mass is 217 g/mol. The maximum atomic E-state index is 9.38. The summed E-state index contributed by atoms with van der Waals surface area (Å²) in [4.78, 5) is 1.22. The number of hydrogen-bond acceptors (Lipinski definition) is 2. The van der Waals surface area contributed by atoms with Crippen LogP contribution in [0, 0.1) is 17.2 Å². The van der Waals surface area contributed by atoms with E-state index in [0.717, 1.165) is 6.42 Å². The standard InChI is InChI=1S/C13H15NS/c1-11-6-5-9-13(11,10-14)15-12-7-3-2-4-8-12/h2-4,7-8,11H,5-6,9H2,1H3. The average Bonchev–Trinajstić information content (AvgIpc) is 2.62. The first-order chi connectivity index (χ1) is 7.27. The van der Waals surface area contributed by atoms with Gasteiger partial charge < -0.3 is 0 Å². The van der Waals surface area contributed by atoms with Crippen LogP contribution in [-0.2, 0) is 0 Å². The molecule has 0 N–H and O–H groups in total. The Hall–Kier alpha value is -0.940. The minimum Gasteiger partial charge on any atom is -0.197 e. The van der Waals surface area contributed by atoms with Gasteiger partial charge >= 0.3 is 0 Å². The van der Waals surface area contributed by atoms with Crippen LogP contribution in [0.2, 0.25) is 0 Å². The molecule has 1 aliphatic carbocycles. The van der Waals surface area contributed by atoms with Gasteiger partial charge in [-0.3, -0.25) is 0 Å². The van der Waals surface area contributed by atoms with Crippen LogP contribution in [-0.4, -0.2) is 4.75 Å². The topological polar surface area (TPSA) is 23.8 Å². The summed E-state index contributed by atoms with van der Waals surface area (Å²) in [5.41, 5.74) is 0. The molecular weight excluding hydrogens is 202 g/mol. The van der Waals surface area contributed by atoms with E-state index >= 15 is 0 Å². The lowest BCUT2D eigenvalue weighted by molar-refractivity contribution is 0.554. The van der Waals surface area contributed by atoms with Crippen LogP contribution in [0.5, 0.6) is 0 Å². The van der Waals surface area contributed by atoms with Crippen molar-refractivity contribution in [3.63, 3.8) is 0 Å². The first-order valence-electron chi connectivity index (χ1n) is 5.42. The number of benzene rings is 1. The van der Waals surface area contributed by atoms with E-state index in [1.54, 1.807) is 11.8 Å². The Morgan fingerprint density at radius 3 is 2.67 bits per heavy atom. The molecule has 0 spiro atoms. The van der Waals surface area contributed by atoms with Crippen LogP contribution >= 0.6 is 11.8 Å². The van der Waals surface area contributed by atoms with Gasteiger partial charge in [0.05, 0.1) is 6.07 Å². The molecule has 1 aromatic rings. The first-order valence-corrected chi connectivity index (χ1v) is 6.24. The Balaban J connectivity index is 2.20. The van der Waals surface area contributed by atoms with E-state index in [4.69, 9.17) is 0 Å². The van der Waals surface area contributed by atoms with Crippen molar-refractivity contribution in [2.24, 2.45) is 5.92 Å². The summed E-state index contributed by atoms with van der Waals surface area (Å²) < 4.78 is -0.179. The fraction of sp³-hybridized carbons (Fsp3) is 0.462. The summed E-state index contributed by atoms with van der Waals surface area (Å²) in [6.45, 7) is 2.20. The van der Waals surface area contributed by atoms with Crippen LogP contribution < -0.4 is 0 Å². The summed E-state index contributed by atoms with van der Waals surface area (Å²) >= 11 is 1.75. The van der Waals surface area contributed by atoms with Gasteiger partial charge in [-0.2, -0.15) is 5.26 Å². The maximum absolute atomic E-state index is 9.38. The van der Waals surface area contributed by atoms with Gasteiger partial charge in [0.25, 0.3) is 0 Å². The molecule has 15 heavy (non-hydrogen) atoms. The maximum Gasteiger partial charge on any atom is 0.110 e. The molecule has 0 bridgehead atoms. The lowest BCUT2D eigenvalue weighted by Crippen LogP contribution is -2.25. The molecule has 2 heteroatoms. The Bertz CT molecular complexity index is 368. The molecule has 2 unspecified atom stereocenters. The second kappa shape index (κ2) is 4.28. The van der Waals surface area contributed by atoms with Crippen LogP contribution in [0.25, 0.3) is 0 Å². The largest absolute Gasteiger partial charge is 0.197 e. The van der Waals surface area contributed by atoms with Crippen LogP contribution in [0.3, 0.4) is 0 Å². The number of nitriles is 1. The van der Waals surface area contributed by atoms with Gasteiger partial charge in [0, 0.05) is 4.90 Å². The zero-order chi connectivity index (χ0) is 10.7. The molecule has 0 aliphatic heterocycles. The van der Waals surface area contributed by atoms with Crippen molar-refractivity contribution in [3.8, 4) is 6.07 Å². The molecule has 0 heterocycles.